The summed E-state index contributed by atoms with van der Waals surface area (Å²) in [5.41, 5.74) is 0. The number of nitrogens with zero attached hydrogens (tertiary/aromatic N) is 1. The first-order valence-corrected chi connectivity index (χ1v) is 12.1. The van der Waals surface area contributed by atoms with Crippen LogP contribution < -0.4 is 5.11 Å². The molecule has 0 spiro atoms. The monoisotopic (exact) mass is 425 g/mol. The molecule has 1 N–H and O–H groups in total. The largest absolute Gasteiger partial charge is 0.549 e. The number of carboxylic acid groups (broad SMARTS) is 1. The summed E-state index contributed by atoms with van der Waals surface area (Å²) in [6.07, 6.45) is 18.9. The Labute approximate surface area is 185 Å². The molecule has 176 valence electrons. The Hall–Kier alpha value is -1.20. The van der Waals surface area contributed by atoms with E-state index >= 15 is 0 Å². The molecule has 5 nitrogen and oxygen atoms in total. The van der Waals surface area contributed by atoms with Gasteiger partial charge in [0.1, 0.15) is 18.4 Å². The van der Waals surface area contributed by atoms with Gasteiger partial charge in [0.25, 0.3) is 0 Å². The van der Waals surface area contributed by atoms with Gasteiger partial charge < -0.3 is 19.5 Å². The molecule has 0 saturated heterocycles. The zero-order valence-corrected chi connectivity index (χ0v) is 20.0. The highest BCUT2D eigenvalue weighted by Gasteiger charge is 2.31. The number of quaternary nitrogens is 1. The average Bonchev–Trinajstić information content (AvgIpc) is 2.63. The van der Waals surface area contributed by atoms with Gasteiger partial charge in [-0.25, -0.2) is 0 Å². The van der Waals surface area contributed by atoms with Crippen molar-refractivity contribution in [3.63, 3.8) is 0 Å². The summed E-state index contributed by atoms with van der Waals surface area (Å²) in [6.45, 7) is 2.45. The Morgan fingerprint density at radius 2 is 1.30 bits per heavy atom. The Morgan fingerprint density at radius 3 is 1.77 bits per heavy atom. The summed E-state index contributed by atoms with van der Waals surface area (Å²) < 4.78 is 0.394. The van der Waals surface area contributed by atoms with E-state index in [1.165, 1.54) is 44.9 Å². The number of aliphatic carboxylic acids is 1. The van der Waals surface area contributed by atoms with Crippen LogP contribution in [0, 0.1) is 5.92 Å². The molecule has 2 atom stereocenters. The molecule has 0 heterocycles. The number of allylic oxidation sites excluding steroid dienone is 2. The van der Waals surface area contributed by atoms with Crippen molar-refractivity contribution < 1.29 is 24.3 Å². The molecule has 0 aromatic carbocycles. The Balaban J connectivity index is 3.78. The van der Waals surface area contributed by atoms with E-state index in [-0.39, 0.29) is 13.0 Å². The third kappa shape index (κ3) is 16.6. The first-order valence-electron chi connectivity index (χ1n) is 12.1. The number of aliphatic hydroxyl groups is 1. The fourth-order valence-corrected chi connectivity index (χ4v) is 3.70. The maximum absolute atomic E-state index is 12.2. The highest BCUT2D eigenvalue weighted by Crippen LogP contribution is 2.15. The Kier molecular flexibility index (Phi) is 16.8. The number of Topliss-reactive ketones (excluding diaryl/α,β-unsaturated/α-hetero) is 1. The van der Waals surface area contributed by atoms with Crippen LogP contribution in [-0.2, 0) is 9.59 Å². The quantitative estimate of drug-likeness (QED) is 0.138. The van der Waals surface area contributed by atoms with Gasteiger partial charge in [-0.3, -0.25) is 4.79 Å². The van der Waals surface area contributed by atoms with Gasteiger partial charge in [-0.05, 0) is 32.1 Å². The van der Waals surface area contributed by atoms with Gasteiger partial charge in [0.2, 0.25) is 0 Å². The van der Waals surface area contributed by atoms with Crippen LogP contribution in [0.15, 0.2) is 12.2 Å². The van der Waals surface area contributed by atoms with E-state index in [9.17, 15) is 19.8 Å². The van der Waals surface area contributed by atoms with Crippen LogP contribution in [0.3, 0.4) is 0 Å². The highest BCUT2D eigenvalue weighted by molar-refractivity contribution is 5.98. The van der Waals surface area contributed by atoms with Crippen LogP contribution in [0.2, 0.25) is 0 Å². The van der Waals surface area contributed by atoms with Crippen molar-refractivity contribution in [2.45, 2.75) is 103 Å². The molecule has 0 amide bonds. The van der Waals surface area contributed by atoms with E-state index in [1.54, 1.807) is 0 Å². The summed E-state index contributed by atoms with van der Waals surface area (Å²) in [7, 11) is 5.55. The minimum absolute atomic E-state index is 0.199. The molecule has 0 aliphatic carbocycles. The fourth-order valence-electron chi connectivity index (χ4n) is 3.70. The molecule has 0 aromatic heterocycles. The lowest BCUT2D eigenvalue weighted by Gasteiger charge is -2.30. The second-order valence-corrected chi connectivity index (χ2v) is 9.64. The van der Waals surface area contributed by atoms with Crippen molar-refractivity contribution in [3.05, 3.63) is 12.2 Å². The van der Waals surface area contributed by atoms with Crippen LogP contribution in [0.4, 0.5) is 0 Å². The smallest absolute Gasteiger partial charge is 0.144 e. The number of likely N-dealkylation sites (N-methyl/N-ethyl adjacent to an activating group) is 1. The third-order valence-electron chi connectivity index (χ3n) is 5.41. The van der Waals surface area contributed by atoms with Crippen LogP contribution in [-0.4, -0.2) is 55.1 Å². The van der Waals surface area contributed by atoms with Crippen molar-refractivity contribution in [2.75, 3.05) is 27.7 Å². The van der Waals surface area contributed by atoms with E-state index in [0.717, 1.165) is 32.1 Å². The molecule has 30 heavy (non-hydrogen) atoms. The third-order valence-corrected chi connectivity index (χ3v) is 5.41. The summed E-state index contributed by atoms with van der Waals surface area (Å²) in [5.74, 6) is -3.29. The number of carboxylic acids is 1. The van der Waals surface area contributed by atoms with Crippen LogP contribution in [0.5, 0.6) is 0 Å². The molecule has 0 rings (SSSR count). The Bertz CT molecular complexity index is 482. The van der Waals surface area contributed by atoms with Gasteiger partial charge in [-0.2, -0.15) is 0 Å². The first-order chi connectivity index (χ1) is 14.2. The van der Waals surface area contributed by atoms with Crippen molar-refractivity contribution in [3.8, 4) is 0 Å². The molecule has 0 bridgehead atoms. The SMILES string of the molecule is CCCCCCCC/C=C\CCCCCCCC(=O)C(C(=O)[O-])C(O)C[N+](C)(C)C. The molecule has 0 fully saturated rings. The number of unbranched alkanes of at least 4 members (excludes halogenated alkanes) is 11. The fraction of sp³-hybridized carbons (Fsp3) is 0.840. The van der Waals surface area contributed by atoms with Gasteiger partial charge in [0, 0.05) is 6.42 Å². The molecular weight excluding hydrogens is 378 g/mol. The summed E-state index contributed by atoms with van der Waals surface area (Å²) in [5, 5.41) is 21.5. The van der Waals surface area contributed by atoms with Crippen LogP contribution in [0.1, 0.15) is 96.8 Å². The first kappa shape index (κ1) is 28.8. The van der Waals surface area contributed by atoms with Crippen LogP contribution >= 0.6 is 0 Å². The molecule has 0 radical (unpaired) electrons. The van der Waals surface area contributed by atoms with E-state index in [0.29, 0.717) is 10.9 Å². The van der Waals surface area contributed by atoms with Gasteiger partial charge in [-0.1, -0.05) is 70.4 Å². The lowest BCUT2D eigenvalue weighted by atomic mass is 9.93. The number of carbonyl (C=O) groups excluding carboxylic acids is 2. The molecule has 0 aliphatic heterocycles. The van der Waals surface area contributed by atoms with E-state index in [2.05, 4.69) is 19.1 Å². The lowest BCUT2D eigenvalue weighted by molar-refractivity contribution is -0.873. The number of hydrogen-bond donors (Lipinski definition) is 1. The van der Waals surface area contributed by atoms with Gasteiger partial charge in [-0.15, -0.1) is 0 Å². The molecular formula is C25H47NO4. The van der Waals surface area contributed by atoms with Gasteiger partial charge >= 0.3 is 0 Å². The molecule has 0 saturated carbocycles. The standard InChI is InChI=1S/C25H47NO4/c1-5-6-7-8-9-10-11-12-13-14-15-16-17-18-19-20-22(27)24(25(29)30)23(28)21-26(2,3)4/h12-13,23-24,28H,5-11,14-21H2,1-4H3/b13-12-. The maximum atomic E-state index is 12.2. The zero-order chi connectivity index (χ0) is 22.8. The van der Waals surface area contributed by atoms with Crippen molar-refractivity contribution in [1.82, 2.24) is 0 Å². The average molecular weight is 426 g/mol. The maximum Gasteiger partial charge on any atom is 0.144 e. The number of rotatable bonds is 20. The topological polar surface area (TPSA) is 77.4 Å². The molecule has 0 aromatic rings. The van der Waals surface area contributed by atoms with Crippen molar-refractivity contribution in [1.29, 1.82) is 0 Å². The zero-order valence-electron chi connectivity index (χ0n) is 20.0. The Morgan fingerprint density at radius 1 is 0.833 bits per heavy atom. The second kappa shape index (κ2) is 17.5. The number of hydrogen-bond acceptors (Lipinski definition) is 4. The molecule has 0 aliphatic rings. The highest BCUT2D eigenvalue weighted by atomic mass is 16.4. The predicted molar refractivity (Wildman–Crippen MR) is 122 cm³/mol. The summed E-state index contributed by atoms with van der Waals surface area (Å²) in [4.78, 5) is 23.6. The van der Waals surface area contributed by atoms with E-state index in [1.807, 2.05) is 21.1 Å². The normalized spacial score (nSPS) is 14.2. The number of aliphatic hydroxyl groups excluding tert-OH is 1. The summed E-state index contributed by atoms with van der Waals surface area (Å²) >= 11 is 0. The van der Waals surface area contributed by atoms with Crippen LogP contribution in [0.25, 0.3) is 0 Å². The predicted octanol–water partition coefficient (Wildman–Crippen LogP) is 4.03. The summed E-state index contributed by atoms with van der Waals surface area (Å²) in [6, 6.07) is 0. The van der Waals surface area contributed by atoms with Gasteiger partial charge in [0.05, 0.1) is 33.0 Å². The number of ketones is 1. The minimum atomic E-state index is -1.46. The second-order valence-electron chi connectivity index (χ2n) is 9.64. The van der Waals surface area contributed by atoms with E-state index < -0.39 is 23.8 Å². The van der Waals surface area contributed by atoms with Crippen molar-refractivity contribution >= 4 is 11.8 Å². The lowest BCUT2D eigenvalue weighted by Crippen LogP contribution is -2.51. The number of carbonyl (C=O) groups is 2. The minimum Gasteiger partial charge on any atom is -0.549 e. The molecule has 5 heteroatoms. The molecule has 2 unspecified atom stereocenters. The van der Waals surface area contributed by atoms with Gasteiger partial charge in [0.15, 0.2) is 0 Å². The van der Waals surface area contributed by atoms with Crippen molar-refractivity contribution in [2.24, 2.45) is 5.92 Å². The van der Waals surface area contributed by atoms with E-state index in [4.69, 9.17) is 0 Å².